The molecular weight excluding hydrogens is 451 g/mol. The highest BCUT2D eigenvalue weighted by atomic mass is 32.1. The van der Waals surface area contributed by atoms with Gasteiger partial charge in [-0.25, -0.2) is 4.39 Å². The first-order valence-electron chi connectivity index (χ1n) is 10.8. The van der Waals surface area contributed by atoms with Crippen LogP contribution in [0, 0.1) is 24.1 Å². The topological polar surface area (TPSA) is 64.4 Å². The predicted molar refractivity (Wildman–Crippen MR) is 127 cm³/mol. The Hall–Kier alpha value is -3.57. The quantitative estimate of drug-likeness (QED) is 0.329. The molecule has 1 aliphatic rings. The summed E-state index contributed by atoms with van der Waals surface area (Å²) < 4.78 is 31.5. The molecule has 0 spiro atoms. The molecule has 3 aromatic carbocycles. The second kappa shape index (κ2) is 9.74. The molecule has 0 saturated carbocycles. The van der Waals surface area contributed by atoms with Gasteiger partial charge in [-0.1, -0.05) is 30.3 Å². The summed E-state index contributed by atoms with van der Waals surface area (Å²) >= 11 is 1.48. The number of aryl methyl sites for hydroxylation is 1. The fourth-order valence-electron chi connectivity index (χ4n) is 4.16. The molecule has 0 aliphatic carbocycles. The molecule has 2 heterocycles. The summed E-state index contributed by atoms with van der Waals surface area (Å²) in [4.78, 5) is 5.13. The van der Waals surface area contributed by atoms with E-state index in [0.29, 0.717) is 29.0 Å². The van der Waals surface area contributed by atoms with Gasteiger partial charge in [0.05, 0.1) is 35.2 Å². The molecule has 7 heteroatoms. The van der Waals surface area contributed by atoms with E-state index in [1.165, 1.54) is 23.5 Å². The first-order valence-corrected chi connectivity index (χ1v) is 11.6. The van der Waals surface area contributed by atoms with Crippen LogP contribution in [0.4, 0.5) is 4.39 Å². The van der Waals surface area contributed by atoms with Crippen LogP contribution in [0.15, 0.2) is 66.3 Å². The van der Waals surface area contributed by atoms with Crippen molar-refractivity contribution in [2.24, 2.45) is 0 Å². The highest BCUT2D eigenvalue weighted by Crippen LogP contribution is 2.36. The molecule has 34 heavy (non-hydrogen) atoms. The van der Waals surface area contributed by atoms with Crippen LogP contribution < -0.4 is 4.74 Å². The van der Waals surface area contributed by atoms with Crippen molar-refractivity contribution in [3.63, 3.8) is 0 Å². The second-order valence-electron chi connectivity index (χ2n) is 7.99. The fraction of sp³-hybridized carbons (Fsp3) is 0.185. The molecule has 0 saturated heterocycles. The first kappa shape index (κ1) is 22.2. The van der Waals surface area contributed by atoms with Gasteiger partial charge < -0.3 is 14.2 Å². The van der Waals surface area contributed by atoms with Crippen LogP contribution in [-0.2, 0) is 22.7 Å². The minimum Gasteiger partial charge on any atom is -0.467 e. The zero-order chi connectivity index (χ0) is 23.5. The maximum absolute atomic E-state index is 14.2. The number of nitrogens with zero attached hydrogens (tertiary/aromatic N) is 2. The van der Waals surface area contributed by atoms with Gasteiger partial charge >= 0.3 is 0 Å². The fourth-order valence-corrected chi connectivity index (χ4v) is 4.85. The van der Waals surface area contributed by atoms with E-state index in [2.05, 4.69) is 11.1 Å². The smallest absolute Gasteiger partial charge is 0.189 e. The number of halogens is 1. The van der Waals surface area contributed by atoms with E-state index in [1.807, 2.05) is 49.4 Å². The summed E-state index contributed by atoms with van der Waals surface area (Å²) in [7, 11) is 0. The Kier molecular flexibility index (Phi) is 6.37. The molecule has 1 aromatic heterocycles. The van der Waals surface area contributed by atoms with E-state index in [1.54, 1.807) is 11.7 Å². The lowest BCUT2D eigenvalue weighted by atomic mass is 9.93. The lowest BCUT2D eigenvalue weighted by molar-refractivity contribution is -0.0195. The van der Waals surface area contributed by atoms with Crippen molar-refractivity contribution in [1.82, 2.24) is 4.98 Å². The third-order valence-electron chi connectivity index (χ3n) is 5.77. The average molecular weight is 473 g/mol. The lowest BCUT2D eigenvalue weighted by Crippen LogP contribution is -2.14. The van der Waals surface area contributed by atoms with Gasteiger partial charge in [-0.3, -0.25) is 4.98 Å². The van der Waals surface area contributed by atoms with Crippen molar-refractivity contribution in [3.8, 4) is 22.9 Å². The Morgan fingerprint density at radius 1 is 1.18 bits per heavy atom. The maximum atomic E-state index is 14.2. The van der Waals surface area contributed by atoms with Crippen molar-refractivity contribution in [3.05, 3.63) is 105 Å². The summed E-state index contributed by atoms with van der Waals surface area (Å²) in [6, 6.07) is 18.8. The van der Waals surface area contributed by atoms with E-state index in [9.17, 15) is 9.65 Å². The van der Waals surface area contributed by atoms with Crippen molar-refractivity contribution in [2.75, 3.05) is 6.79 Å². The molecule has 1 aliphatic heterocycles. The van der Waals surface area contributed by atoms with E-state index < -0.39 is 6.10 Å². The monoisotopic (exact) mass is 472 g/mol. The molecule has 1 atom stereocenters. The molecule has 0 amide bonds. The molecule has 0 bridgehead atoms. The van der Waals surface area contributed by atoms with Crippen LogP contribution in [0.1, 0.15) is 38.8 Å². The van der Waals surface area contributed by atoms with E-state index in [4.69, 9.17) is 14.2 Å². The van der Waals surface area contributed by atoms with E-state index in [0.717, 1.165) is 27.1 Å². The van der Waals surface area contributed by atoms with Gasteiger partial charge in [0, 0.05) is 22.9 Å². The van der Waals surface area contributed by atoms with Gasteiger partial charge in [0.1, 0.15) is 17.7 Å². The number of fused-ring (bicyclic) bond motifs is 1. The normalized spacial score (nSPS) is 13.6. The number of nitriles is 1. The summed E-state index contributed by atoms with van der Waals surface area (Å²) in [5, 5.41) is 9.73. The lowest BCUT2D eigenvalue weighted by Gasteiger charge is -2.23. The molecule has 0 radical (unpaired) electrons. The summed E-state index contributed by atoms with van der Waals surface area (Å²) in [5.41, 5.74) is 7.44. The third kappa shape index (κ3) is 4.44. The standard InChI is InChI=1S/C27H21FN2O3S/c1-17-4-2-3-5-23(17)24-10-18(6-7-19(24)11-29)27(25-12-30-15-34-25)32-14-21-9-22(28)8-20-13-31-16-33-26(20)21/h2-10,12,15,27H,13-14,16H2,1H3. The molecule has 4 aromatic rings. The van der Waals surface area contributed by atoms with Gasteiger partial charge in [-0.2, -0.15) is 5.26 Å². The highest BCUT2D eigenvalue weighted by Gasteiger charge is 2.22. The molecule has 5 rings (SSSR count). The number of rotatable bonds is 6. The maximum Gasteiger partial charge on any atom is 0.189 e. The molecule has 1 unspecified atom stereocenters. The van der Waals surface area contributed by atoms with Crippen LogP contribution in [0.5, 0.6) is 5.75 Å². The average Bonchev–Trinajstić information content (AvgIpc) is 3.39. The predicted octanol–water partition coefficient (Wildman–Crippen LogP) is 6.30. The number of benzene rings is 3. The molecular formula is C27H21FN2O3S. The summed E-state index contributed by atoms with van der Waals surface area (Å²) in [6.07, 6.45) is 1.33. The number of hydrogen-bond donors (Lipinski definition) is 0. The second-order valence-corrected chi connectivity index (χ2v) is 8.91. The zero-order valence-corrected chi connectivity index (χ0v) is 19.3. The number of hydrogen-bond acceptors (Lipinski definition) is 6. The Labute approximate surface area is 201 Å². The van der Waals surface area contributed by atoms with Crippen LogP contribution >= 0.6 is 11.3 Å². The van der Waals surface area contributed by atoms with Crippen LogP contribution in [0.2, 0.25) is 0 Å². The molecule has 5 nitrogen and oxygen atoms in total. The van der Waals surface area contributed by atoms with Crippen molar-refractivity contribution >= 4 is 11.3 Å². The highest BCUT2D eigenvalue weighted by molar-refractivity contribution is 7.09. The zero-order valence-electron chi connectivity index (χ0n) is 18.5. The number of thiazole rings is 1. The van der Waals surface area contributed by atoms with E-state index >= 15 is 0 Å². The van der Waals surface area contributed by atoms with Gasteiger partial charge in [-0.15, -0.1) is 11.3 Å². The minimum atomic E-state index is -0.443. The molecule has 170 valence electrons. The van der Waals surface area contributed by atoms with Gasteiger partial charge in [0.15, 0.2) is 6.79 Å². The Morgan fingerprint density at radius 3 is 2.85 bits per heavy atom. The van der Waals surface area contributed by atoms with Crippen molar-refractivity contribution in [1.29, 1.82) is 5.26 Å². The molecule has 0 fully saturated rings. The first-order chi connectivity index (χ1) is 16.6. The Balaban J connectivity index is 1.52. The largest absolute Gasteiger partial charge is 0.467 e. The van der Waals surface area contributed by atoms with Crippen LogP contribution in [0.25, 0.3) is 11.1 Å². The minimum absolute atomic E-state index is 0.124. The Morgan fingerprint density at radius 2 is 2.06 bits per heavy atom. The van der Waals surface area contributed by atoms with Crippen LogP contribution in [-0.4, -0.2) is 11.8 Å². The number of aromatic nitrogens is 1. The van der Waals surface area contributed by atoms with E-state index in [-0.39, 0.29) is 19.2 Å². The SMILES string of the molecule is Cc1ccccc1-c1cc(C(OCc2cc(F)cc3c2OCOC3)c2cncs2)ccc1C#N. The van der Waals surface area contributed by atoms with Crippen molar-refractivity contribution in [2.45, 2.75) is 26.2 Å². The summed E-state index contributed by atoms with van der Waals surface area (Å²) in [5.74, 6) is 0.247. The van der Waals surface area contributed by atoms with Crippen molar-refractivity contribution < 1.29 is 18.6 Å². The summed E-state index contributed by atoms with van der Waals surface area (Å²) in [6.45, 7) is 2.59. The van der Waals surface area contributed by atoms with Gasteiger partial charge in [0.2, 0.25) is 0 Å². The van der Waals surface area contributed by atoms with Gasteiger partial charge in [-0.05, 0) is 47.9 Å². The Bertz CT molecular complexity index is 1370. The van der Waals surface area contributed by atoms with Gasteiger partial charge in [0.25, 0.3) is 0 Å². The third-order valence-corrected chi connectivity index (χ3v) is 6.59. The number of ether oxygens (including phenoxy) is 3. The van der Waals surface area contributed by atoms with Crippen LogP contribution in [0.3, 0.4) is 0 Å². The molecule has 0 N–H and O–H groups in total.